The van der Waals surface area contributed by atoms with Crippen molar-refractivity contribution in [2.45, 2.75) is 43.8 Å². The quantitative estimate of drug-likeness (QED) is 0.259. The Kier molecular flexibility index (Phi) is 8.32. The first kappa shape index (κ1) is 23.1. The van der Waals surface area contributed by atoms with Gasteiger partial charge in [0, 0.05) is 37.0 Å². The summed E-state index contributed by atoms with van der Waals surface area (Å²) in [5.74, 6) is 1.43. The summed E-state index contributed by atoms with van der Waals surface area (Å²) in [6, 6.07) is 19.8. The third kappa shape index (κ3) is 6.97. The van der Waals surface area contributed by atoms with Crippen LogP contribution in [0.15, 0.2) is 65.8 Å². The van der Waals surface area contributed by atoms with E-state index >= 15 is 0 Å². The molecule has 1 unspecified atom stereocenters. The molecule has 0 saturated carbocycles. The summed E-state index contributed by atoms with van der Waals surface area (Å²) in [7, 11) is 1.99. The third-order valence-electron chi connectivity index (χ3n) is 4.89. The highest BCUT2D eigenvalue weighted by Crippen LogP contribution is 2.25. The van der Waals surface area contributed by atoms with Crippen molar-refractivity contribution >= 4 is 35.1 Å². The van der Waals surface area contributed by atoms with Gasteiger partial charge in [0.25, 0.3) is 5.91 Å². The zero-order valence-corrected chi connectivity index (χ0v) is 19.6. The van der Waals surface area contributed by atoms with Crippen LogP contribution in [0.5, 0.6) is 0 Å². The fourth-order valence-corrected chi connectivity index (χ4v) is 3.93. The summed E-state index contributed by atoms with van der Waals surface area (Å²) in [5.41, 5.74) is 2.96. The lowest BCUT2D eigenvalue weighted by molar-refractivity contribution is 0.0939. The largest absolute Gasteiger partial charge is 0.355 e. The van der Waals surface area contributed by atoms with Gasteiger partial charge in [-0.3, -0.25) is 4.79 Å². The number of amides is 1. The molecule has 31 heavy (non-hydrogen) atoms. The van der Waals surface area contributed by atoms with Crippen LogP contribution in [-0.2, 0) is 12.3 Å². The molecule has 0 aliphatic rings. The van der Waals surface area contributed by atoms with Crippen LogP contribution < -0.4 is 10.2 Å². The molecule has 1 aromatic heterocycles. The van der Waals surface area contributed by atoms with Gasteiger partial charge < -0.3 is 10.2 Å². The van der Waals surface area contributed by atoms with Gasteiger partial charge in [-0.25, -0.2) is 9.97 Å². The monoisotopic (exact) mass is 454 g/mol. The molecule has 1 N–H and O–H groups in total. The summed E-state index contributed by atoms with van der Waals surface area (Å²) >= 11 is 7.77. The summed E-state index contributed by atoms with van der Waals surface area (Å²) in [6.07, 6.45) is 0.905. The molecule has 0 saturated heterocycles. The highest BCUT2D eigenvalue weighted by Gasteiger charge is 2.11. The average molecular weight is 455 g/mol. The first-order chi connectivity index (χ1) is 14.9. The van der Waals surface area contributed by atoms with Crippen LogP contribution in [0.2, 0.25) is 5.15 Å². The molecule has 0 aliphatic heterocycles. The number of nitrogens with zero attached hydrogens (tertiary/aromatic N) is 3. The topological polar surface area (TPSA) is 58.1 Å². The molecular weight excluding hydrogens is 428 g/mol. The molecule has 3 aromatic rings. The second-order valence-electron chi connectivity index (χ2n) is 7.44. The van der Waals surface area contributed by atoms with Crippen molar-refractivity contribution in [3.05, 3.63) is 82.5 Å². The van der Waals surface area contributed by atoms with Crippen molar-refractivity contribution in [1.82, 2.24) is 15.3 Å². The van der Waals surface area contributed by atoms with E-state index in [9.17, 15) is 4.79 Å². The number of aromatic nitrogens is 2. The van der Waals surface area contributed by atoms with Gasteiger partial charge in [-0.05, 0) is 36.6 Å². The zero-order chi connectivity index (χ0) is 22.2. The predicted octanol–water partition coefficient (Wildman–Crippen LogP) is 5.59. The Hall–Kier alpha value is -2.57. The number of thioether (sulfide) groups is 1. The lowest BCUT2D eigenvalue weighted by Gasteiger charge is -2.19. The summed E-state index contributed by atoms with van der Waals surface area (Å²) in [5, 5.41) is 4.03. The van der Waals surface area contributed by atoms with Crippen LogP contribution >= 0.6 is 23.4 Å². The molecule has 1 amide bonds. The number of carbonyl (C=O) groups is 1. The molecule has 3 rings (SSSR count). The second kappa shape index (κ2) is 11.2. The van der Waals surface area contributed by atoms with Crippen LogP contribution in [0.25, 0.3) is 0 Å². The minimum Gasteiger partial charge on any atom is -0.355 e. The molecule has 0 radical (unpaired) electrons. The maximum absolute atomic E-state index is 12.2. The van der Waals surface area contributed by atoms with E-state index < -0.39 is 0 Å². The normalized spacial score (nSPS) is 11.7. The third-order valence-corrected chi connectivity index (χ3v) is 6.00. The van der Waals surface area contributed by atoms with Crippen molar-refractivity contribution in [2.75, 3.05) is 11.9 Å². The molecule has 1 atom stereocenters. The van der Waals surface area contributed by atoms with Crippen molar-refractivity contribution in [3.8, 4) is 0 Å². The van der Waals surface area contributed by atoms with Crippen LogP contribution in [0.4, 0.5) is 5.82 Å². The van der Waals surface area contributed by atoms with Crippen molar-refractivity contribution < 1.29 is 4.79 Å². The number of rotatable bonds is 9. The van der Waals surface area contributed by atoms with E-state index in [2.05, 4.69) is 32.3 Å². The summed E-state index contributed by atoms with van der Waals surface area (Å²) < 4.78 is 0. The van der Waals surface area contributed by atoms with Crippen LogP contribution in [-0.4, -0.2) is 29.0 Å². The van der Waals surface area contributed by atoms with E-state index in [1.54, 1.807) is 6.07 Å². The van der Waals surface area contributed by atoms with E-state index in [0.717, 1.165) is 24.3 Å². The Labute approximate surface area is 193 Å². The molecule has 2 aromatic carbocycles. The number of carbonyl (C=O) groups excluding carboxylic acids is 1. The predicted molar refractivity (Wildman–Crippen MR) is 129 cm³/mol. The maximum Gasteiger partial charge on any atom is 0.251 e. The average Bonchev–Trinajstić information content (AvgIpc) is 2.78. The van der Waals surface area contributed by atoms with Gasteiger partial charge in [0.05, 0.1) is 0 Å². The molecule has 0 bridgehead atoms. The number of halogens is 1. The highest BCUT2D eigenvalue weighted by atomic mass is 35.5. The Balaban J connectivity index is 1.62. The van der Waals surface area contributed by atoms with E-state index in [4.69, 9.17) is 11.6 Å². The van der Waals surface area contributed by atoms with Crippen molar-refractivity contribution in [1.29, 1.82) is 0 Å². The first-order valence-electron chi connectivity index (χ1n) is 10.3. The summed E-state index contributed by atoms with van der Waals surface area (Å²) in [6.45, 7) is 4.78. The fourth-order valence-electron chi connectivity index (χ4n) is 2.89. The number of benzene rings is 2. The summed E-state index contributed by atoms with van der Waals surface area (Å²) in [4.78, 5) is 23.3. The van der Waals surface area contributed by atoms with Gasteiger partial charge in [0.2, 0.25) is 0 Å². The van der Waals surface area contributed by atoms with E-state index in [-0.39, 0.29) is 11.9 Å². The Morgan fingerprint density at radius 1 is 1.10 bits per heavy atom. The number of anilines is 1. The smallest absolute Gasteiger partial charge is 0.251 e. The maximum atomic E-state index is 12.2. The van der Waals surface area contributed by atoms with Gasteiger partial charge in [-0.2, -0.15) is 0 Å². The van der Waals surface area contributed by atoms with E-state index in [1.165, 1.54) is 17.3 Å². The van der Waals surface area contributed by atoms with Crippen molar-refractivity contribution in [3.63, 3.8) is 0 Å². The second-order valence-corrected chi connectivity index (χ2v) is 8.77. The van der Waals surface area contributed by atoms with Gasteiger partial charge in [-0.1, -0.05) is 72.8 Å². The molecule has 5 nitrogen and oxygen atoms in total. The Morgan fingerprint density at radius 2 is 1.81 bits per heavy atom. The van der Waals surface area contributed by atoms with E-state index in [0.29, 0.717) is 21.6 Å². The Morgan fingerprint density at radius 3 is 2.48 bits per heavy atom. The lowest BCUT2D eigenvalue weighted by atomic mass is 10.1. The minimum absolute atomic E-state index is 0.0437. The minimum atomic E-state index is -0.0437. The fraction of sp³-hybridized carbons (Fsp3) is 0.292. The van der Waals surface area contributed by atoms with Crippen molar-refractivity contribution in [2.24, 2.45) is 0 Å². The standard InChI is InChI=1S/C24H27ClN4OS/c1-4-17(2)26-23(30)20-12-10-19(11-13-20)16-31-24-27-21(25)14-22(28-24)29(3)15-18-8-6-5-7-9-18/h5-14,17H,4,15-16H2,1-3H3,(H,26,30). The molecule has 0 spiro atoms. The van der Waals surface area contributed by atoms with Crippen LogP contribution in [0.1, 0.15) is 41.8 Å². The molecule has 7 heteroatoms. The molecular formula is C24H27ClN4OS. The van der Waals surface area contributed by atoms with Gasteiger partial charge in [0.15, 0.2) is 5.16 Å². The number of hydrogen-bond acceptors (Lipinski definition) is 5. The van der Waals surface area contributed by atoms with Gasteiger partial charge in [-0.15, -0.1) is 0 Å². The zero-order valence-electron chi connectivity index (χ0n) is 18.0. The van der Waals surface area contributed by atoms with Gasteiger partial charge in [0.1, 0.15) is 11.0 Å². The number of nitrogens with one attached hydrogen (secondary N) is 1. The first-order valence-corrected chi connectivity index (χ1v) is 11.6. The highest BCUT2D eigenvalue weighted by molar-refractivity contribution is 7.98. The van der Waals surface area contributed by atoms with Gasteiger partial charge >= 0.3 is 0 Å². The van der Waals surface area contributed by atoms with E-state index in [1.807, 2.05) is 63.4 Å². The SMILES string of the molecule is CCC(C)NC(=O)c1ccc(CSc2nc(Cl)cc(N(C)Cc3ccccc3)n2)cc1. The van der Waals surface area contributed by atoms with Crippen LogP contribution in [0, 0.1) is 0 Å². The number of hydrogen-bond donors (Lipinski definition) is 1. The molecule has 0 aliphatic carbocycles. The molecule has 1 heterocycles. The molecule has 0 fully saturated rings. The van der Waals surface area contributed by atoms with Crippen LogP contribution in [0.3, 0.4) is 0 Å². The lowest BCUT2D eigenvalue weighted by Crippen LogP contribution is -2.31. The molecule has 162 valence electrons. The Bertz CT molecular complexity index is 998.